The van der Waals surface area contributed by atoms with Gasteiger partial charge in [-0.25, -0.2) is 0 Å². The highest BCUT2D eigenvalue weighted by Crippen LogP contribution is 2.17. The molecule has 2 N–H and O–H groups in total. The maximum Gasteiger partial charge on any atom is 0.303 e. The Morgan fingerprint density at radius 2 is 1.90 bits per heavy atom. The molecule has 1 saturated carbocycles. The molecule has 1 rings (SSSR count). The third-order valence-corrected chi connectivity index (χ3v) is 3.88. The predicted molar refractivity (Wildman–Crippen MR) is 78.6 cm³/mol. The number of hydrogen-bond donors (Lipinski definition) is 2. The molecule has 0 spiro atoms. The van der Waals surface area contributed by atoms with E-state index in [0.29, 0.717) is 25.6 Å². The summed E-state index contributed by atoms with van der Waals surface area (Å²) >= 11 is 0. The van der Waals surface area contributed by atoms with Gasteiger partial charge >= 0.3 is 5.97 Å². The van der Waals surface area contributed by atoms with E-state index in [9.17, 15) is 9.59 Å². The Morgan fingerprint density at radius 3 is 2.45 bits per heavy atom. The van der Waals surface area contributed by atoms with E-state index in [4.69, 9.17) is 5.11 Å². The van der Waals surface area contributed by atoms with E-state index in [1.165, 1.54) is 19.3 Å². The number of carbonyl (C=O) groups is 2. The average molecular weight is 284 g/mol. The number of amides is 1. The van der Waals surface area contributed by atoms with Gasteiger partial charge in [0.05, 0.1) is 6.54 Å². The van der Waals surface area contributed by atoms with Crippen molar-refractivity contribution in [3.05, 3.63) is 0 Å². The quantitative estimate of drug-likeness (QED) is 0.715. The van der Waals surface area contributed by atoms with Crippen LogP contribution in [0.1, 0.15) is 58.8 Å². The maximum absolute atomic E-state index is 12.1. The molecular weight excluding hydrogens is 256 g/mol. The Balaban J connectivity index is 2.31. The molecular formula is C15H28N2O3. The number of hydrogen-bond acceptors (Lipinski definition) is 3. The van der Waals surface area contributed by atoms with E-state index in [1.54, 1.807) is 0 Å². The molecule has 1 amide bonds. The molecule has 1 aliphatic rings. The van der Waals surface area contributed by atoms with Gasteiger partial charge in [0.25, 0.3) is 0 Å². The standard InChI is InChI=1S/C15H28N2O3/c1-12(2)17(10-6-9-15(19)20)11-14(18)16-13-7-4-3-5-8-13/h12-13H,3-11H2,1-2H3,(H,16,18)(H,19,20). The first-order valence-electron chi connectivity index (χ1n) is 7.74. The Kier molecular flexibility index (Phi) is 7.59. The highest BCUT2D eigenvalue weighted by Gasteiger charge is 2.18. The fourth-order valence-electron chi connectivity index (χ4n) is 2.66. The molecule has 0 aliphatic heterocycles. The van der Waals surface area contributed by atoms with Gasteiger partial charge in [0.2, 0.25) is 5.91 Å². The first-order chi connectivity index (χ1) is 9.49. The van der Waals surface area contributed by atoms with E-state index >= 15 is 0 Å². The molecule has 0 aromatic rings. The van der Waals surface area contributed by atoms with Gasteiger partial charge < -0.3 is 10.4 Å². The normalized spacial score (nSPS) is 16.6. The second-order valence-electron chi connectivity index (χ2n) is 5.96. The summed E-state index contributed by atoms with van der Waals surface area (Å²) in [5.74, 6) is -0.707. The lowest BCUT2D eigenvalue weighted by atomic mass is 9.95. The Morgan fingerprint density at radius 1 is 1.25 bits per heavy atom. The fraction of sp³-hybridized carbons (Fsp3) is 0.867. The molecule has 1 aliphatic carbocycles. The first-order valence-corrected chi connectivity index (χ1v) is 7.74. The molecule has 1 fully saturated rings. The lowest BCUT2D eigenvalue weighted by molar-refractivity contribution is -0.137. The van der Waals surface area contributed by atoms with Crippen LogP contribution in [0, 0.1) is 0 Å². The lowest BCUT2D eigenvalue weighted by Crippen LogP contribution is -2.45. The summed E-state index contributed by atoms with van der Waals surface area (Å²) in [6.07, 6.45) is 6.62. The van der Waals surface area contributed by atoms with Crippen LogP contribution >= 0.6 is 0 Å². The number of carbonyl (C=O) groups excluding carboxylic acids is 1. The Hall–Kier alpha value is -1.10. The van der Waals surface area contributed by atoms with Crippen molar-refractivity contribution in [1.29, 1.82) is 0 Å². The molecule has 0 heterocycles. The molecule has 5 nitrogen and oxygen atoms in total. The zero-order valence-electron chi connectivity index (χ0n) is 12.7. The monoisotopic (exact) mass is 284 g/mol. The minimum atomic E-state index is -0.777. The second kappa shape index (κ2) is 8.95. The zero-order valence-corrected chi connectivity index (χ0v) is 12.7. The van der Waals surface area contributed by atoms with Crippen LogP contribution < -0.4 is 5.32 Å². The maximum atomic E-state index is 12.1. The van der Waals surface area contributed by atoms with E-state index in [1.807, 2.05) is 18.7 Å². The molecule has 0 aromatic heterocycles. The minimum absolute atomic E-state index is 0.0703. The van der Waals surface area contributed by atoms with Gasteiger partial charge in [0.15, 0.2) is 0 Å². The van der Waals surface area contributed by atoms with Gasteiger partial charge in [-0.05, 0) is 39.7 Å². The molecule has 0 bridgehead atoms. The van der Waals surface area contributed by atoms with Crippen molar-refractivity contribution in [2.75, 3.05) is 13.1 Å². The summed E-state index contributed by atoms with van der Waals surface area (Å²) in [5, 5.41) is 11.8. The number of nitrogens with one attached hydrogen (secondary N) is 1. The van der Waals surface area contributed by atoms with Gasteiger partial charge in [-0.15, -0.1) is 0 Å². The summed E-state index contributed by atoms with van der Waals surface area (Å²) in [7, 11) is 0. The van der Waals surface area contributed by atoms with Crippen molar-refractivity contribution in [1.82, 2.24) is 10.2 Å². The predicted octanol–water partition coefficient (Wildman–Crippen LogP) is 2.01. The number of carboxylic acid groups (broad SMARTS) is 1. The van der Waals surface area contributed by atoms with E-state index < -0.39 is 5.97 Å². The fourth-order valence-corrected chi connectivity index (χ4v) is 2.66. The summed E-state index contributed by atoms with van der Waals surface area (Å²) in [5.41, 5.74) is 0. The van der Waals surface area contributed by atoms with Gasteiger partial charge in [0.1, 0.15) is 0 Å². The van der Waals surface area contributed by atoms with Crippen molar-refractivity contribution < 1.29 is 14.7 Å². The van der Waals surface area contributed by atoms with E-state index in [0.717, 1.165) is 12.8 Å². The van der Waals surface area contributed by atoms with Crippen LogP contribution in [0.25, 0.3) is 0 Å². The molecule has 116 valence electrons. The summed E-state index contributed by atoms with van der Waals surface area (Å²) in [6.45, 7) is 5.10. The van der Waals surface area contributed by atoms with Crippen molar-refractivity contribution in [2.24, 2.45) is 0 Å². The van der Waals surface area contributed by atoms with Crippen LogP contribution in [0.5, 0.6) is 0 Å². The minimum Gasteiger partial charge on any atom is -0.481 e. The number of rotatable bonds is 8. The largest absolute Gasteiger partial charge is 0.481 e. The van der Waals surface area contributed by atoms with Gasteiger partial charge in [0, 0.05) is 18.5 Å². The number of carboxylic acids is 1. The van der Waals surface area contributed by atoms with Crippen LogP contribution in [0.2, 0.25) is 0 Å². The molecule has 5 heteroatoms. The van der Waals surface area contributed by atoms with Crippen LogP contribution in [-0.2, 0) is 9.59 Å². The van der Waals surface area contributed by atoms with Gasteiger partial charge in [-0.2, -0.15) is 0 Å². The van der Waals surface area contributed by atoms with Crippen molar-refractivity contribution >= 4 is 11.9 Å². The summed E-state index contributed by atoms with van der Waals surface area (Å²) in [6, 6.07) is 0.588. The first kappa shape index (κ1) is 17.0. The molecule has 0 saturated heterocycles. The zero-order chi connectivity index (χ0) is 15.0. The van der Waals surface area contributed by atoms with Crippen molar-refractivity contribution in [2.45, 2.75) is 70.9 Å². The third kappa shape index (κ3) is 6.89. The summed E-state index contributed by atoms with van der Waals surface area (Å²) < 4.78 is 0. The van der Waals surface area contributed by atoms with E-state index in [-0.39, 0.29) is 18.4 Å². The summed E-state index contributed by atoms with van der Waals surface area (Å²) in [4.78, 5) is 24.6. The molecule has 0 aromatic carbocycles. The third-order valence-electron chi connectivity index (χ3n) is 3.88. The average Bonchev–Trinajstić information content (AvgIpc) is 2.38. The van der Waals surface area contributed by atoms with Crippen LogP contribution in [0.15, 0.2) is 0 Å². The topological polar surface area (TPSA) is 69.6 Å². The van der Waals surface area contributed by atoms with Crippen LogP contribution in [-0.4, -0.2) is 47.1 Å². The Bertz CT molecular complexity index is 312. The highest BCUT2D eigenvalue weighted by atomic mass is 16.4. The van der Waals surface area contributed by atoms with Crippen LogP contribution in [0.3, 0.4) is 0 Å². The molecule has 0 radical (unpaired) electrons. The number of aliphatic carboxylic acids is 1. The highest BCUT2D eigenvalue weighted by molar-refractivity contribution is 5.78. The van der Waals surface area contributed by atoms with Gasteiger partial charge in [-0.1, -0.05) is 19.3 Å². The lowest BCUT2D eigenvalue weighted by Gasteiger charge is -2.28. The SMILES string of the molecule is CC(C)N(CCCC(=O)O)CC(=O)NC1CCCCC1. The Labute approximate surface area is 121 Å². The van der Waals surface area contributed by atoms with Gasteiger partial charge in [-0.3, -0.25) is 14.5 Å². The number of nitrogens with zero attached hydrogens (tertiary/aromatic N) is 1. The van der Waals surface area contributed by atoms with Crippen LogP contribution in [0.4, 0.5) is 0 Å². The molecule has 20 heavy (non-hydrogen) atoms. The molecule has 0 atom stereocenters. The molecule has 0 unspecified atom stereocenters. The van der Waals surface area contributed by atoms with Crippen molar-refractivity contribution in [3.63, 3.8) is 0 Å². The smallest absolute Gasteiger partial charge is 0.303 e. The van der Waals surface area contributed by atoms with Crippen molar-refractivity contribution in [3.8, 4) is 0 Å². The second-order valence-corrected chi connectivity index (χ2v) is 5.96. The van der Waals surface area contributed by atoms with E-state index in [2.05, 4.69) is 5.32 Å².